The molecule has 0 atom stereocenters. The second-order valence-corrected chi connectivity index (χ2v) is 4.97. The number of aromatic nitrogens is 1. The molecule has 0 aromatic carbocycles. The number of amides is 1. The van der Waals surface area contributed by atoms with Crippen LogP contribution in [0.5, 0.6) is 0 Å². The van der Waals surface area contributed by atoms with E-state index in [-0.39, 0.29) is 5.92 Å². The minimum atomic E-state index is -4.27. The number of anilines is 1. The molecule has 7 heteroatoms. The van der Waals surface area contributed by atoms with Gasteiger partial charge >= 0.3 is 6.18 Å². The van der Waals surface area contributed by atoms with Crippen molar-refractivity contribution in [1.82, 2.24) is 10.3 Å². The molecule has 0 aliphatic carbocycles. The number of alkyl halides is 3. The Hall–Kier alpha value is -1.79. The van der Waals surface area contributed by atoms with Gasteiger partial charge < -0.3 is 10.6 Å². The van der Waals surface area contributed by atoms with Crippen molar-refractivity contribution >= 4 is 11.7 Å². The SMILES string of the molecule is CCNc1cc(C(=O)NCCC(F)(F)F)cc(C(C)C)n1. The van der Waals surface area contributed by atoms with Gasteiger partial charge in [-0.2, -0.15) is 13.2 Å². The highest BCUT2D eigenvalue weighted by molar-refractivity contribution is 5.95. The van der Waals surface area contributed by atoms with Gasteiger partial charge in [0.2, 0.25) is 0 Å². The number of pyridine rings is 1. The van der Waals surface area contributed by atoms with E-state index >= 15 is 0 Å². The lowest BCUT2D eigenvalue weighted by Crippen LogP contribution is -2.28. The van der Waals surface area contributed by atoms with Crippen LogP contribution < -0.4 is 10.6 Å². The maximum atomic E-state index is 12.1. The van der Waals surface area contributed by atoms with Crippen LogP contribution in [0.4, 0.5) is 19.0 Å². The van der Waals surface area contributed by atoms with Gasteiger partial charge in [0.05, 0.1) is 6.42 Å². The van der Waals surface area contributed by atoms with Crippen LogP contribution in [0.25, 0.3) is 0 Å². The number of carbonyl (C=O) groups excluding carboxylic acids is 1. The number of hydrogen-bond acceptors (Lipinski definition) is 3. The second kappa shape index (κ2) is 7.28. The maximum absolute atomic E-state index is 12.1. The van der Waals surface area contributed by atoms with Crippen molar-refractivity contribution in [2.45, 2.75) is 39.3 Å². The van der Waals surface area contributed by atoms with Crippen molar-refractivity contribution in [2.75, 3.05) is 18.4 Å². The summed E-state index contributed by atoms with van der Waals surface area (Å²) in [5.74, 6) is 0.137. The molecular formula is C14H20F3N3O. The lowest BCUT2D eigenvalue weighted by atomic mass is 10.1. The van der Waals surface area contributed by atoms with Gasteiger partial charge in [0.25, 0.3) is 5.91 Å². The van der Waals surface area contributed by atoms with Crippen molar-refractivity contribution in [3.63, 3.8) is 0 Å². The molecule has 0 radical (unpaired) electrons. The highest BCUT2D eigenvalue weighted by Gasteiger charge is 2.26. The van der Waals surface area contributed by atoms with Crippen molar-refractivity contribution in [3.05, 3.63) is 23.4 Å². The van der Waals surface area contributed by atoms with Crippen LogP contribution in [0, 0.1) is 0 Å². The zero-order chi connectivity index (χ0) is 16.0. The molecule has 1 rings (SSSR count). The molecule has 0 saturated heterocycles. The molecule has 4 nitrogen and oxygen atoms in total. The average molecular weight is 303 g/mol. The molecule has 0 bridgehead atoms. The Bertz CT molecular complexity index is 487. The van der Waals surface area contributed by atoms with Crippen molar-refractivity contribution in [3.8, 4) is 0 Å². The molecule has 1 aromatic heterocycles. The summed E-state index contributed by atoms with van der Waals surface area (Å²) in [4.78, 5) is 16.3. The summed E-state index contributed by atoms with van der Waals surface area (Å²) < 4.78 is 36.2. The van der Waals surface area contributed by atoms with Crippen LogP contribution in [0.15, 0.2) is 12.1 Å². The molecule has 0 spiro atoms. The maximum Gasteiger partial charge on any atom is 0.390 e. The molecule has 118 valence electrons. The molecule has 1 heterocycles. The second-order valence-electron chi connectivity index (χ2n) is 4.97. The van der Waals surface area contributed by atoms with Gasteiger partial charge in [0.15, 0.2) is 0 Å². The van der Waals surface area contributed by atoms with Crippen molar-refractivity contribution < 1.29 is 18.0 Å². The summed E-state index contributed by atoms with van der Waals surface area (Å²) in [6.07, 6.45) is -5.32. The number of nitrogens with one attached hydrogen (secondary N) is 2. The molecule has 0 fully saturated rings. The van der Waals surface area contributed by atoms with Crippen molar-refractivity contribution in [1.29, 1.82) is 0 Å². The van der Waals surface area contributed by atoms with Crippen LogP contribution in [-0.4, -0.2) is 30.2 Å². The monoisotopic (exact) mass is 303 g/mol. The highest BCUT2D eigenvalue weighted by Crippen LogP contribution is 2.19. The van der Waals surface area contributed by atoms with Gasteiger partial charge in [-0.05, 0) is 25.0 Å². The molecule has 0 aliphatic rings. The number of rotatable bonds is 6. The fraction of sp³-hybridized carbons (Fsp3) is 0.571. The number of carbonyl (C=O) groups is 1. The van der Waals surface area contributed by atoms with Crippen LogP contribution >= 0.6 is 0 Å². The first kappa shape index (κ1) is 17.3. The fourth-order valence-corrected chi connectivity index (χ4v) is 1.67. The van der Waals surface area contributed by atoms with Gasteiger partial charge in [-0.1, -0.05) is 13.8 Å². The number of hydrogen-bond donors (Lipinski definition) is 2. The smallest absolute Gasteiger partial charge is 0.370 e. The molecule has 0 unspecified atom stereocenters. The largest absolute Gasteiger partial charge is 0.390 e. The molecule has 0 saturated carbocycles. The van der Waals surface area contributed by atoms with Crippen LogP contribution in [0.1, 0.15) is 49.2 Å². The Morgan fingerprint density at radius 3 is 2.52 bits per heavy atom. The molecule has 21 heavy (non-hydrogen) atoms. The molecule has 1 aromatic rings. The topological polar surface area (TPSA) is 54.0 Å². The van der Waals surface area contributed by atoms with Crippen LogP contribution in [0.3, 0.4) is 0 Å². The predicted octanol–water partition coefficient (Wildman–Crippen LogP) is 3.32. The number of halogens is 3. The lowest BCUT2D eigenvalue weighted by molar-refractivity contribution is -0.132. The van der Waals surface area contributed by atoms with E-state index in [1.54, 1.807) is 6.07 Å². The van der Waals surface area contributed by atoms with E-state index in [0.717, 1.165) is 5.69 Å². The molecule has 0 aliphatic heterocycles. The summed E-state index contributed by atoms with van der Waals surface area (Å²) >= 11 is 0. The van der Waals surface area contributed by atoms with E-state index in [1.807, 2.05) is 20.8 Å². The highest BCUT2D eigenvalue weighted by atomic mass is 19.4. The minimum Gasteiger partial charge on any atom is -0.370 e. The van der Waals surface area contributed by atoms with Gasteiger partial charge in [0.1, 0.15) is 5.82 Å². The van der Waals surface area contributed by atoms with E-state index in [2.05, 4.69) is 15.6 Å². The summed E-state index contributed by atoms with van der Waals surface area (Å²) in [7, 11) is 0. The average Bonchev–Trinajstić information content (AvgIpc) is 2.37. The van der Waals surface area contributed by atoms with Crippen molar-refractivity contribution in [2.24, 2.45) is 0 Å². The summed E-state index contributed by atoms with van der Waals surface area (Å²) in [5, 5.41) is 5.28. The first-order valence-electron chi connectivity index (χ1n) is 6.83. The first-order chi connectivity index (χ1) is 9.73. The summed E-state index contributed by atoms with van der Waals surface area (Å²) in [6.45, 7) is 5.97. The third kappa shape index (κ3) is 6.01. The Labute approximate surface area is 122 Å². The third-order valence-electron chi connectivity index (χ3n) is 2.75. The zero-order valence-electron chi connectivity index (χ0n) is 12.3. The molecule has 2 N–H and O–H groups in total. The molecular weight excluding hydrogens is 283 g/mol. The third-order valence-corrected chi connectivity index (χ3v) is 2.75. The zero-order valence-corrected chi connectivity index (χ0v) is 12.3. The summed E-state index contributed by atoms with van der Waals surface area (Å²) in [6, 6.07) is 3.15. The Morgan fingerprint density at radius 1 is 1.33 bits per heavy atom. The van der Waals surface area contributed by atoms with Gasteiger partial charge in [-0.25, -0.2) is 4.98 Å². The molecule has 1 amide bonds. The van der Waals surface area contributed by atoms with Gasteiger partial charge in [-0.15, -0.1) is 0 Å². The lowest BCUT2D eigenvalue weighted by Gasteiger charge is -2.12. The standard InChI is InChI=1S/C14H20F3N3O/c1-4-18-12-8-10(7-11(20-12)9(2)3)13(21)19-6-5-14(15,16)17/h7-9H,4-6H2,1-3H3,(H,18,20)(H,19,21). The fourth-order valence-electron chi connectivity index (χ4n) is 1.67. The van der Waals surface area contributed by atoms with E-state index in [0.29, 0.717) is 17.9 Å². The number of nitrogens with zero attached hydrogens (tertiary/aromatic N) is 1. The van der Waals surface area contributed by atoms with E-state index in [4.69, 9.17) is 0 Å². The van der Waals surface area contributed by atoms with Crippen LogP contribution in [-0.2, 0) is 0 Å². The first-order valence-corrected chi connectivity index (χ1v) is 6.83. The Morgan fingerprint density at radius 2 is 2.00 bits per heavy atom. The van der Waals surface area contributed by atoms with Crippen LogP contribution in [0.2, 0.25) is 0 Å². The van der Waals surface area contributed by atoms with E-state index in [1.165, 1.54) is 6.07 Å². The predicted molar refractivity (Wildman–Crippen MR) is 75.5 cm³/mol. The van der Waals surface area contributed by atoms with E-state index < -0.39 is 25.0 Å². The minimum absolute atomic E-state index is 0.116. The van der Waals surface area contributed by atoms with Gasteiger partial charge in [0, 0.05) is 24.3 Å². The van der Waals surface area contributed by atoms with Gasteiger partial charge in [-0.3, -0.25) is 4.79 Å². The Kier molecular flexibility index (Phi) is 5.99. The summed E-state index contributed by atoms with van der Waals surface area (Å²) in [5.41, 5.74) is 1.03. The quantitative estimate of drug-likeness (QED) is 0.847. The van der Waals surface area contributed by atoms with E-state index in [9.17, 15) is 18.0 Å². The Balaban J connectivity index is 2.82. The normalized spacial score (nSPS) is 11.6.